The first-order chi connectivity index (χ1) is 8.47. The van der Waals surface area contributed by atoms with E-state index in [1.54, 1.807) is 12.1 Å². The first kappa shape index (κ1) is 12.8. The van der Waals surface area contributed by atoms with Crippen molar-refractivity contribution in [3.8, 4) is 0 Å². The monoisotopic (exact) mass is 249 g/mol. The molecule has 5 nitrogen and oxygen atoms in total. The Balaban J connectivity index is 2.25. The lowest BCUT2D eigenvalue weighted by Gasteiger charge is -2.38. The lowest BCUT2D eigenvalue weighted by molar-refractivity contribution is -0.384. The van der Waals surface area contributed by atoms with Crippen molar-refractivity contribution in [1.82, 2.24) is 5.32 Å². The van der Waals surface area contributed by atoms with Gasteiger partial charge >= 0.3 is 0 Å². The van der Waals surface area contributed by atoms with Gasteiger partial charge < -0.3 is 10.2 Å². The number of non-ortho nitro benzene ring substituents is 1. The molecule has 0 bridgehead atoms. The maximum Gasteiger partial charge on any atom is 0.269 e. The molecule has 1 N–H and O–H groups in total. The summed E-state index contributed by atoms with van der Waals surface area (Å²) in [5.74, 6) is 0. The van der Waals surface area contributed by atoms with Gasteiger partial charge in [0.25, 0.3) is 5.69 Å². The molecule has 0 aliphatic carbocycles. The predicted molar refractivity (Wildman–Crippen MR) is 72.1 cm³/mol. The van der Waals surface area contributed by atoms with E-state index in [0.717, 1.165) is 24.3 Å². The largest absolute Gasteiger partial charge is 0.368 e. The van der Waals surface area contributed by atoms with Crippen LogP contribution in [0.15, 0.2) is 18.2 Å². The van der Waals surface area contributed by atoms with Crippen LogP contribution in [0, 0.1) is 17.0 Å². The number of nitro groups is 1. The van der Waals surface area contributed by atoms with Gasteiger partial charge in [-0.3, -0.25) is 10.1 Å². The minimum atomic E-state index is -0.347. The van der Waals surface area contributed by atoms with Gasteiger partial charge in [0.2, 0.25) is 0 Å². The molecular weight excluding hydrogens is 230 g/mol. The van der Waals surface area contributed by atoms with Gasteiger partial charge in [0, 0.05) is 43.0 Å². The Morgan fingerprint density at radius 1 is 1.33 bits per heavy atom. The number of nitrogens with zero attached hydrogens (tertiary/aromatic N) is 2. The summed E-state index contributed by atoms with van der Waals surface area (Å²) in [6.07, 6.45) is 0. The third-order valence-electron chi connectivity index (χ3n) is 3.29. The summed E-state index contributed by atoms with van der Waals surface area (Å²) in [6, 6.07) is 5.96. The van der Waals surface area contributed by atoms with E-state index in [4.69, 9.17) is 0 Å². The van der Waals surface area contributed by atoms with Crippen LogP contribution >= 0.6 is 0 Å². The molecule has 0 amide bonds. The molecule has 0 unspecified atom stereocenters. The summed E-state index contributed by atoms with van der Waals surface area (Å²) in [4.78, 5) is 12.7. The number of nitrogens with one attached hydrogen (secondary N) is 1. The van der Waals surface area contributed by atoms with Crippen LogP contribution in [0.3, 0.4) is 0 Å². The first-order valence-corrected chi connectivity index (χ1v) is 6.23. The van der Waals surface area contributed by atoms with Crippen LogP contribution in [0.5, 0.6) is 0 Å². The number of aryl methyl sites for hydroxylation is 1. The molecule has 1 saturated heterocycles. The number of nitro benzene ring substituents is 1. The van der Waals surface area contributed by atoms with Crippen molar-refractivity contribution >= 4 is 11.4 Å². The van der Waals surface area contributed by atoms with E-state index >= 15 is 0 Å². The molecule has 2 atom stereocenters. The molecule has 1 fully saturated rings. The van der Waals surface area contributed by atoms with Crippen molar-refractivity contribution in [2.24, 2.45) is 0 Å². The van der Waals surface area contributed by atoms with Crippen molar-refractivity contribution in [2.75, 3.05) is 18.0 Å². The number of rotatable bonds is 2. The number of hydrogen-bond acceptors (Lipinski definition) is 4. The van der Waals surface area contributed by atoms with Crippen molar-refractivity contribution in [2.45, 2.75) is 32.9 Å². The van der Waals surface area contributed by atoms with Gasteiger partial charge in [0.05, 0.1) is 4.92 Å². The van der Waals surface area contributed by atoms with Crippen molar-refractivity contribution in [1.29, 1.82) is 0 Å². The van der Waals surface area contributed by atoms with Gasteiger partial charge in [-0.05, 0) is 32.4 Å². The van der Waals surface area contributed by atoms with Crippen LogP contribution in [-0.2, 0) is 0 Å². The summed E-state index contributed by atoms with van der Waals surface area (Å²) < 4.78 is 0. The lowest BCUT2D eigenvalue weighted by atomic mass is 10.1. The molecule has 98 valence electrons. The third kappa shape index (κ3) is 2.61. The normalized spacial score (nSPS) is 24.1. The predicted octanol–water partition coefficient (Wildman–Crippen LogP) is 2.09. The summed E-state index contributed by atoms with van der Waals surface area (Å²) in [6.45, 7) is 8.11. The van der Waals surface area contributed by atoms with E-state index in [1.165, 1.54) is 0 Å². The molecule has 0 aromatic heterocycles. The van der Waals surface area contributed by atoms with Gasteiger partial charge in [-0.25, -0.2) is 0 Å². The average molecular weight is 249 g/mol. The highest BCUT2D eigenvalue weighted by atomic mass is 16.6. The van der Waals surface area contributed by atoms with E-state index in [9.17, 15) is 10.1 Å². The Morgan fingerprint density at radius 3 is 2.44 bits per heavy atom. The Hall–Kier alpha value is -1.62. The van der Waals surface area contributed by atoms with Crippen LogP contribution in [-0.4, -0.2) is 30.1 Å². The molecule has 1 aromatic carbocycles. The number of piperazine rings is 1. The number of hydrogen-bond donors (Lipinski definition) is 1. The van der Waals surface area contributed by atoms with Gasteiger partial charge in [-0.2, -0.15) is 0 Å². The maximum absolute atomic E-state index is 10.7. The smallest absolute Gasteiger partial charge is 0.269 e. The van der Waals surface area contributed by atoms with Crippen molar-refractivity contribution in [3.05, 3.63) is 33.9 Å². The van der Waals surface area contributed by atoms with Gasteiger partial charge in [-0.15, -0.1) is 0 Å². The molecule has 0 spiro atoms. The highest BCUT2D eigenvalue weighted by molar-refractivity contribution is 5.57. The molecule has 2 rings (SSSR count). The summed E-state index contributed by atoms with van der Waals surface area (Å²) in [7, 11) is 0. The fourth-order valence-corrected chi connectivity index (χ4v) is 2.63. The van der Waals surface area contributed by atoms with Crippen LogP contribution in [0.1, 0.15) is 19.4 Å². The molecular formula is C13H19N3O2. The first-order valence-electron chi connectivity index (χ1n) is 6.23. The van der Waals surface area contributed by atoms with Crippen molar-refractivity contribution < 1.29 is 4.92 Å². The lowest BCUT2D eigenvalue weighted by Crippen LogP contribution is -2.54. The SMILES string of the molecule is Cc1cc([N+](=O)[O-])ccc1N1C[C@@H](C)N[C@@H](C)C1. The number of benzene rings is 1. The minimum absolute atomic E-state index is 0.160. The van der Waals surface area contributed by atoms with E-state index in [1.807, 2.05) is 13.0 Å². The zero-order valence-corrected chi connectivity index (χ0v) is 11.0. The van der Waals surface area contributed by atoms with Gasteiger partial charge in [-0.1, -0.05) is 0 Å². The summed E-state index contributed by atoms with van der Waals surface area (Å²) >= 11 is 0. The van der Waals surface area contributed by atoms with Crippen molar-refractivity contribution in [3.63, 3.8) is 0 Å². The Bertz CT molecular complexity index is 452. The van der Waals surface area contributed by atoms with Crippen LogP contribution in [0.4, 0.5) is 11.4 Å². The second kappa shape index (κ2) is 4.94. The molecule has 1 aliphatic heterocycles. The van der Waals surface area contributed by atoms with E-state index < -0.39 is 0 Å². The second-order valence-electron chi connectivity index (χ2n) is 5.10. The number of anilines is 1. The second-order valence-corrected chi connectivity index (χ2v) is 5.10. The van der Waals surface area contributed by atoms with E-state index in [2.05, 4.69) is 24.1 Å². The molecule has 0 saturated carbocycles. The quantitative estimate of drug-likeness (QED) is 0.644. The van der Waals surface area contributed by atoms with E-state index in [0.29, 0.717) is 12.1 Å². The highest BCUT2D eigenvalue weighted by Crippen LogP contribution is 2.26. The van der Waals surface area contributed by atoms with Crippen LogP contribution < -0.4 is 10.2 Å². The summed E-state index contributed by atoms with van der Waals surface area (Å²) in [5.41, 5.74) is 2.22. The fraction of sp³-hybridized carbons (Fsp3) is 0.538. The Kier molecular flexibility index (Phi) is 3.52. The molecule has 5 heteroatoms. The molecule has 18 heavy (non-hydrogen) atoms. The zero-order valence-electron chi connectivity index (χ0n) is 11.0. The highest BCUT2D eigenvalue weighted by Gasteiger charge is 2.22. The third-order valence-corrected chi connectivity index (χ3v) is 3.29. The topological polar surface area (TPSA) is 58.4 Å². The molecule has 1 aliphatic rings. The molecule has 1 aromatic rings. The van der Waals surface area contributed by atoms with Crippen LogP contribution in [0.2, 0.25) is 0 Å². The Labute approximate surface area is 107 Å². The average Bonchev–Trinajstić information content (AvgIpc) is 2.27. The standard InChI is InChI=1S/C13H19N3O2/c1-9-6-12(16(17)18)4-5-13(9)15-7-10(2)14-11(3)8-15/h4-6,10-11,14H,7-8H2,1-3H3/t10-,11+. The van der Waals surface area contributed by atoms with Gasteiger partial charge in [0.1, 0.15) is 0 Å². The molecule has 0 radical (unpaired) electrons. The zero-order chi connectivity index (χ0) is 13.3. The summed E-state index contributed by atoms with van der Waals surface area (Å²) in [5, 5.41) is 14.2. The Morgan fingerprint density at radius 2 is 1.94 bits per heavy atom. The fourth-order valence-electron chi connectivity index (χ4n) is 2.63. The molecule has 1 heterocycles. The van der Waals surface area contributed by atoms with Gasteiger partial charge in [0.15, 0.2) is 0 Å². The van der Waals surface area contributed by atoms with Crippen LogP contribution in [0.25, 0.3) is 0 Å². The minimum Gasteiger partial charge on any atom is -0.368 e. The van der Waals surface area contributed by atoms with E-state index in [-0.39, 0.29) is 10.6 Å². The maximum atomic E-state index is 10.7.